The van der Waals surface area contributed by atoms with Gasteiger partial charge in [-0.2, -0.15) is 0 Å². The Morgan fingerprint density at radius 3 is 2.37 bits per heavy atom. The summed E-state index contributed by atoms with van der Waals surface area (Å²) in [4.78, 5) is 28.8. The second kappa shape index (κ2) is 7.46. The first kappa shape index (κ1) is 18.2. The molecule has 3 fully saturated rings. The first-order valence-corrected chi connectivity index (χ1v) is 9.73. The number of rotatable bonds is 4. The van der Waals surface area contributed by atoms with Gasteiger partial charge in [-0.1, -0.05) is 0 Å². The molecule has 2 amide bonds. The number of piperazine rings is 1. The third-order valence-corrected chi connectivity index (χ3v) is 6.21. The van der Waals surface area contributed by atoms with E-state index in [-0.39, 0.29) is 35.6 Å². The fourth-order valence-electron chi connectivity index (χ4n) is 4.34. The van der Waals surface area contributed by atoms with E-state index < -0.39 is 0 Å². The van der Waals surface area contributed by atoms with Crippen LogP contribution in [0.4, 0.5) is 4.39 Å². The maximum Gasteiger partial charge on any atom is 0.260 e. The average Bonchev–Trinajstić information content (AvgIpc) is 3.40. The van der Waals surface area contributed by atoms with Crippen LogP contribution in [0, 0.1) is 17.2 Å². The Labute approximate surface area is 158 Å². The van der Waals surface area contributed by atoms with Crippen LogP contribution in [0.5, 0.6) is 5.75 Å². The molecule has 146 valence electrons. The van der Waals surface area contributed by atoms with Crippen molar-refractivity contribution >= 4 is 11.8 Å². The summed E-state index contributed by atoms with van der Waals surface area (Å²) in [6, 6.07) is 5.62. The predicted molar refractivity (Wildman–Crippen MR) is 97.7 cm³/mol. The molecule has 1 spiro atoms. The molecule has 0 aromatic heterocycles. The molecule has 1 unspecified atom stereocenters. The van der Waals surface area contributed by atoms with Gasteiger partial charge >= 0.3 is 0 Å². The van der Waals surface area contributed by atoms with E-state index in [1.54, 1.807) is 4.90 Å². The van der Waals surface area contributed by atoms with Gasteiger partial charge in [0.25, 0.3) is 5.91 Å². The van der Waals surface area contributed by atoms with E-state index in [2.05, 4.69) is 5.32 Å². The molecule has 4 rings (SSSR count). The summed E-state index contributed by atoms with van der Waals surface area (Å²) in [6.45, 7) is 4.22. The maximum atomic E-state index is 12.9. The Hall–Kier alpha value is -2.15. The molecule has 2 heterocycles. The number of ether oxygens (including phenoxy) is 1. The molecule has 3 aliphatic rings. The lowest BCUT2D eigenvalue weighted by Crippen LogP contribution is -2.52. The van der Waals surface area contributed by atoms with Crippen LogP contribution < -0.4 is 10.1 Å². The molecule has 7 heteroatoms. The summed E-state index contributed by atoms with van der Waals surface area (Å²) in [5.41, 5.74) is 0.248. The minimum Gasteiger partial charge on any atom is -0.484 e. The zero-order chi connectivity index (χ0) is 18.9. The van der Waals surface area contributed by atoms with Gasteiger partial charge in [-0.3, -0.25) is 9.59 Å². The van der Waals surface area contributed by atoms with Gasteiger partial charge in [0, 0.05) is 32.1 Å². The number of benzene rings is 1. The van der Waals surface area contributed by atoms with Crippen LogP contribution in [0.1, 0.15) is 19.3 Å². The Kier molecular flexibility index (Phi) is 5.04. The number of hydrogen-bond donors (Lipinski definition) is 1. The van der Waals surface area contributed by atoms with Crippen LogP contribution in [0.2, 0.25) is 0 Å². The second-order valence-electron chi connectivity index (χ2n) is 7.82. The van der Waals surface area contributed by atoms with Gasteiger partial charge in [0.1, 0.15) is 11.6 Å². The van der Waals surface area contributed by atoms with E-state index in [0.717, 1.165) is 32.4 Å². The number of carbonyl (C=O) groups excluding carboxylic acids is 2. The summed E-state index contributed by atoms with van der Waals surface area (Å²) >= 11 is 0. The molecule has 1 aromatic rings. The molecule has 2 aliphatic heterocycles. The Balaban J connectivity index is 1.22. The summed E-state index contributed by atoms with van der Waals surface area (Å²) in [7, 11) is 0. The molecular formula is C20H26FN3O3. The van der Waals surface area contributed by atoms with E-state index in [9.17, 15) is 14.0 Å². The van der Waals surface area contributed by atoms with E-state index in [4.69, 9.17) is 4.74 Å². The van der Waals surface area contributed by atoms with Gasteiger partial charge < -0.3 is 19.9 Å². The molecule has 6 nitrogen and oxygen atoms in total. The molecule has 0 bridgehead atoms. The van der Waals surface area contributed by atoms with Crippen molar-refractivity contribution in [2.45, 2.75) is 19.3 Å². The molecule has 2 saturated heterocycles. The SMILES string of the molecule is O=C(COc1ccc(F)cc1)N1CCN(C(=O)C2CC23CCNCC3)CC1. The zero-order valence-corrected chi connectivity index (χ0v) is 15.5. The monoisotopic (exact) mass is 375 g/mol. The predicted octanol–water partition coefficient (Wildman–Crippen LogP) is 1.26. The van der Waals surface area contributed by atoms with Crippen LogP contribution >= 0.6 is 0 Å². The van der Waals surface area contributed by atoms with Gasteiger partial charge in [0.05, 0.1) is 0 Å². The highest BCUT2D eigenvalue weighted by Gasteiger charge is 2.58. The Morgan fingerprint density at radius 1 is 1.07 bits per heavy atom. The highest BCUT2D eigenvalue weighted by molar-refractivity contribution is 5.83. The number of carbonyl (C=O) groups is 2. The van der Waals surface area contributed by atoms with Crippen LogP contribution in [0.25, 0.3) is 0 Å². The number of amides is 2. The van der Waals surface area contributed by atoms with Gasteiger partial charge in [0.2, 0.25) is 5.91 Å². The highest BCUT2D eigenvalue weighted by atomic mass is 19.1. The normalized spacial score (nSPS) is 24.0. The van der Waals surface area contributed by atoms with E-state index in [1.807, 2.05) is 4.90 Å². The Bertz CT molecular complexity index is 695. The van der Waals surface area contributed by atoms with E-state index in [0.29, 0.717) is 31.9 Å². The van der Waals surface area contributed by atoms with Gasteiger partial charge in [-0.25, -0.2) is 4.39 Å². The molecule has 1 N–H and O–H groups in total. The van der Waals surface area contributed by atoms with Crippen molar-refractivity contribution in [2.75, 3.05) is 45.9 Å². The lowest BCUT2D eigenvalue weighted by Gasteiger charge is -2.35. The lowest BCUT2D eigenvalue weighted by molar-refractivity contribution is -0.142. The average molecular weight is 375 g/mol. The van der Waals surface area contributed by atoms with Crippen molar-refractivity contribution in [3.8, 4) is 5.75 Å². The quantitative estimate of drug-likeness (QED) is 0.861. The van der Waals surface area contributed by atoms with Crippen molar-refractivity contribution < 1.29 is 18.7 Å². The first-order valence-electron chi connectivity index (χ1n) is 9.73. The number of nitrogens with one attached hydrogen (secondary N) is 1. The van der Waals surface area contributed by atoms with Crippen molar-refractivity contribution in [2.24, 2.45) is 11.3 Å². The summed E-state index contributed by atoms with van der Waals surface area (Å²) in [5.74, 6) is 0.485. The smallest absolute Gasteiger partial charge is 0.260 e. The first-order chi connectivity index (χ1) is 13.1. The standard InChI is InChI=1S/C20H26FN3O3/c21-15-1-3-16(4-2-15)27-14-18(25)23-9-11-24(12-10-23)19(26)17-13-20(17)5-7-22-8-6-20/h1-4,17,22H,5-14H2. The number of nitrogens with zero attached hydrogens (tertiary/aromatic N) is 2. The lowest BCUT2D eigenvalue weighted by atomic mass is 9.91. The van der Waals surface area contributed by atoms with Crippen LogP contribution in [0.3, 0.4) is 0 Å². The van der Waals surface area contributed by atoms with Crippen molar-refractivity contribution in [1.29, 1.82) is 0 Å². The molecule has 1 saturated carbocycles. The van der Waals surface area contributed by atoms with Gasteiger partial charge in [0.15, 0.2) is 6.61 Å². The minimum atomic E-state index is -0.337. The van der Waals surface area contributed by atoms with E-state index in [1.165, 1.54) is 24.3 Å². The number of halogens is 1. The summed E-state index contributed by atoms with van der Waals surface area (Å²) in [6.07, 6.45) is 3.23. The minimum absolute atomic E-state index is 0.0711. The number of piperidine rings is 1. The summed E-state index contributed by atoms with van der Waals surface area (Å²) in [5, 5.41) is 3.36. The number of hydrogen-bond acceptors (Lipinski definition) is 4. The van der Waals surface area contributed by atoms with Crippen LogP contribution in [-0.4, -0.2) is 67.5 Å². The van der Waals surface area contributed by atoms with Crippen molar-refractivity contribution in [1.82, 2.24) is 15.1 Å². The van der Waals surface area contributed by atoms with Crippen LogP contribution in [0.15, 0.2) is 24.3 Å². The third-order valence-electron chi connectivity index (χ3n) is 6.21. The largest absolute Gasteiger partial charge is 0.484 e. The van der Waals surface area contributed by atoms with E-state index >= 15 is 0 Å². The van der Waals surface area contributed by atoms with Crippen molar-refractivity contribution in [3.63, 3.8) is 0 Å². The molecular weight excluding hydrogens is 349 g/mol. The fraction of sp³-hybridized carbons (Fsp3) is 0.600. The van der Waals surface area contributed by atoms with Gasteiger partial charge in [-0.05, 0) is 62.0 Å². The molecule has 1 atom stereocenters. The zero-order valence-electron chi connectivity index (χ0n) is 15.5. The summed E-state index contributed by atoms with van der Waals surface area (Å²) < 4.78 is 18.3. The molecule has 0 radical (unpaired) electrons. The molecule has 1 aromatic carbocycles. The molecule has 27 heavy (non-hydrogen) atoms. The second-order valence-corrected chi connectivity index (χ2v) is 7.82. The third kappa shape index (κ3) is 3.93. The van der Waals surface area contributed by atoms with Crippen LogP contribution in [-0.2, 0) is 9.59 Å². The van der Waals surface area contributed by atoms with Gasteiger partial charge in [-0.15, -0.1) is 0 Å². The maximum absolute atomic E-state index is 12.9. The molecule has 1 aliphatic carbocycles. The Morgan fingerprint density at radius 2 is 1.70 bits per heavy atom. The van der Waals surface area contributed by atoms with Crippen molar-refractivity contribution in [3.05, 3.63) is 30.1 Å². The fourth-order valence-corrected chi connectivity index (χ4v) is 4.34. The topological polar surface area (TPSA) is 61.9 Å². The highest BCUT2D eigenvalue weighted by Crippen LogP contribution is 2.59.